The Labute approximate surface area is 147 Å². The van der Waals surface area contributed by atoms with Crippen LogP contribution in [0.3, 0.4) is 0 Å². The van der Waals surface area contributed by atoms with E-state index in [1.54, 1.807) is 12.1 Å². The highest BCUT2D eigenvalue weighted by molar-refractivity contribution is 6.22. The predicted octanol–water partition coefficient (Wildman–Crippen LogP) is 4.55. The number of hydrogen-bond acceptors (Lipinski definition) is 3. The van der Waals surface area contributed by atoms with E-state index in [-0.39, 0.29) is 6.61 Å². The molecule has 0 heterocycles. The van der Waals surface area contributed by atoms with Gasteiger partial charge in [0.1, 0.15) is 6.61 Å². The van der Waals surface area contributed by atoms with Crippen LogP contribution in [0.25, 0.3) is 11.6 Å². The molecule has 0 aliphatic carbocycles. The number of carbonyl (C=O) groups is 1. The van der Waals surface area contributed by atoms with Gasteiger partial charge in [0.25, 0.3) is 0 Å². The van der Waals surface area contributed by atoms with Crippen LogP contribution in [0.5, 0.6) is 0 Å². The summed E-state index contributed by atoms with van der Waals surface area (Å²) in [5, 5.41) is 0. The summed E-state index contributed by atoms with van der Waals surface area (Å²) in [5.74, 6) is -0.398. The Hall–Kier alpha value is -3.33. The van der Waals surface area contributed by atoms with E-state index in [0.29, 0.717) is 16.8 Å². The lowest BCUT2D eigenvalue weighted by Gasteiger charge is -2.11. The van der Waals surface area contributed by atoms with Gasteiger partial charge in [0.05, 0.1) is 5.57 Å². The molecule has 3 rings (SSSR count). The highest BCUT2D eigenvalue weighted by atomic mass is 16.5. The molecule has 3 nitrogen and oxygen atoms in total. The van der Waals surface area contributed by atoms with Crippen LogP contribution in [0.2, 0.25) is 0 Å². The molecule has 0 aromatic heterocycles. The Morgan fingerprint density at radius 2 is 1.44 bits per heavy atom. The van der Waals surface area contributed by atoms with Crippen LogP contribution in [-0.4, -0.2) is 5.97 Å². The molecule has 0 fully saturated rings. The summed E-state index contributed by atoms with van der Waals surface area (Å²) in [5.41, 5.74) is 9.58. The monoisotopic (exact) mass is 329 g/mol. The topological polar surface area (TPSA) is 52.3 Å². The molecule has 0 atom stereocenters. The van der Waals surface area contributed by atoms with Crippen LogP contribution in [0.1, 0.15) is 16.7 Å². The lowest BCUT2D eigenvalue weighted by molar-refractivity contribution is -0.137. The normalized spacial score (nSPS) is 11.1. The van der Waals surface area contributed by atoms with E-state index < -0.39 is 5.97 Å². The van der Waals surface area contributed by atoms with Crippen LogP contribution in [0.4, 0.5) is 5.69 Å². The molecule has 3 aromatic carbocycles. The van der Waals surface area contributed by atoms with Gasteiger partial charge in [0.15, 0.2) is 0 Å². The molecule has 25 heavy (non-hydrogen) atoms. The van der Waals surface area contributed by atoms with Crippen molar-refractivity contribution in [1.29, 1.82) is 0 Å². The maximum absolute atomic E-state index is 12.7. The smallest absolute Gasteiger partial charge is 0.339 e. The van der Waals surface area contributed by atoms with Gasteiger partial charge in [-0.15, -0.1) is 0 Å². The van der Waals surface area contributed by atoms with Gasteiger partial charge in [0.2, 0.25) is 0 Å². The van der Waals surface area contributed by atoms with Crippen LogP contribution >= 0.6 is 0 Å². The first-order valence-electron chi connectivity index (χ1n) is 8.07. The van der Waals surface area contributed by atoms with E-state index in [2.05, 4.69) is 0 Å². The maximum Gasteiger partial charge on any atom is 0.339 e. The summed E-state index contributed by atoms with van der Waals surface area (Å²) in [4.78, 5) is 12.7. The van der Waals surface area contributed by atoms with E-state index in [1.807, 2.05) is 78.9 Å². The first-order valence-corrected chi connectivity index (χ1v) is 8.07. The quantitative estimate of drug-likeness (QED) is 0.323. The minimum atomic E-state index is -0.398. The highest BCUT2D eigenvalue weighted by Gasteiger charge is 2.16. The summed E-state index contributed by atoms with van der Waals surface area (Å²) in [7, 11) is 0. The fraction of sp³-hybridized carbons (Fsp3) is 0.0455. The van der Waals surface area contributed by atoms with Crippen LogP contribution in [-0.2, 0) is 16.1 Å². The third-order valence-electron chi connectivity index (χ3n) is 3.79. The van der Waals surface area contributed by atoms with Crippen LogP contribution in [0.15, 0.2) is 84.9 Å². The molecule has 3 heteroatoms. The van der Waals surface area contributed by atoms with Crippen molar-refractivity contribution in [3.8, 4) is 0 Å². The Morgan fingerprint density at radius 1 is 0.840 bits per heavy atom. The van der Waals surface area contributed by atoms with Crippen molar-refractivity contribution in [3.05, 3.63) is 102 Å². The van der Waals surface area contributed by atoms with Gasteiger partial charge in [0, 0.05) is 11.3 Å². The number of nitrogens with two attached hydrogens (primary N) is 1. The molecule has 3 aromatic rings. The number of ether oxygens (including phenoxy) is 1. The number of hydrogen-bond donors (Lipinski definition) is 1. The average molecular weight is 329 g/mol. The van der Waals surface area contributed by atoms with Crippen LogP contribution in [0, 0.1) is 0 Å². The lowest BCUT2D eigenvalue weighted by atomic mass is 10.0. The Morgan fingerprint density at radius 3 is 2.12 bits per heavy atom. The van der Waals surface area contributed by atoms with Crippen molar-refractivity contribution in [2.75, 3.05) is 5.73 Å². The minimum absolute atomic E-state index is 0.221. The fourth-order valence-corrected chi connectivity index (χ4v) is 2.51. The number of benzene rings is 3. The number of anilines is 1. The van der Waals surface area contributed by atoms with E-state index in [1.165, 1.54) is 0 Å². The van der Waals surface area contributed by atoms with Gasteiger partial charge >= 0.3 is 5.97 Å². The standard InChI is InChI=1S/C22H19NO2/c23-21-14-8-7-13-19(21)20(15-17-9-3-1-4-10-17)22(24)25-16-18-11-5-2-6-12-18/h1-15H,16,23H2/b20-15+. The molecule has 2 N–H and O–H groups in total. The molecule has 0 aliphatic rings. The van der Waals surface area contributed by atoms with Gasteiger partial charge in [-0.3, -0.25) is 0 Å². The highest BCUT2D eigenvalue weighted by Crippen LogP contribution is 2.25. The van der Waals surface area contributed by atoms with E-state index in [0.717, 1.165) is 11.1 Å². The zero-order chi connectivity index (χ0) is 17.5. The summed E-state index contributed by atoms with van der Waals surface area (Å²) in [6.45, 7) is 0.221. The largest absolute Gasteiger partial charge is 0.457 e. The molecule has 0 amide bonds. The second kappa shape index (κ2) is 7.97. The zero-order valence-corrected chi connectivity index (χ0v) is 13.8. The van der Waals surface area contributed by atoms with Crippen LogP contribution < -0.4 is 5.73 Å². The van der Waals surface area contributed by atoms with E-state index in [4.69, 9.17) is 10.5 Å². The number of rotatable bonds is 5. The van der Waals surface area contributed by atoms with Crippen molar-refractivity contribution in [3.63, 3.8) is 0 Å². The van der Waals surface area contributed by atoms with Crippen molar-refractivity contribution in [2.45, 2.75) is 6.61 Å². The van der Waals surface area contributed by atoms with Crippen molar-refractivity contribution >= 4 is 23.3 Å². The number of esters is 1. The summed E-state index contributed by atoms with van der Waals surface area (Å²) in [6.07, 6.45) is 1.80. The molecule has 0 aliphatic heterocycles. The van der Waals surface area contributed by atoms with Gasteiger partial charge < -0.3 is 10.5 Å². The number of nitrogen functional groups attached to an aromatic ring is 1. The molecular formula is C22H19NO2. The van der Waals surface area contributed by atoms with Crippen molar-refractivity contribution in [2.24, 2.45) is 0 Å². The summed E-state index contributed by atoms with van der Waals surface area (Å²) >= 11 is 0. The Kier molecular flexibility index (Phi) is 5.27. The first-order chi connectivity index (χ1) is 12.2. The summed E-state index contributed by atoms with van der Waals surface area (Å²) < 4.78 is 5.51. The number of para-hydroxylation sites is 1. The van der Waals surface area contributed by atoms with E-state index in [9.17, 15) is 4.79 Å². The molecule has 0 bridgehead atoms. The molecule has 124 valence electrons. The van der Waals surface area contributed by atoms with Gasteiger partial charge in [-0.25, -0.2) is 4.79 Å². The van der Waals surface area contributed by atoms with Gasteiger partial charge in [-0.05, 0) is 23.3 Å². The molecule has 0 saturated carbocycles. The number of carbonyl (C=O) groups excluding carboxylic acids is 1. The van der Waals surface area contributed by atoms with Gasteiger partial charge in [-0.1, -0.05) is 78.9 Å². The lowest BCUT2D eigenvalue weighted by Crippen LogP contribution is -2.09. The summed E-state index contributed by atoms with van der Waals surface area (Å²) in [6, 6.07) is 26.6. The first kappa shape index (κ1) is 16.5. The molecule has 0 spiro atoms. The molecule has 0 saturated heterocycles. The molecular weight excluding hydrogens is 310 g/mol. The second-order valence-corrected chi connectivity index (χ2v) is 5.62. The van der Waals surface area contributed by atoms with Crippen molar-refractivity contribution < 1.29 is 9.53 Å². The fourth-order valence-electron chi connectivity index (χ4n) is 2.51. The Bertz CT molecular complexity index is 871. The minimum Gasteiger partial charge on any atom is -0.457 e. The van der Waals surface area contributed by atoms with Crippen molar-refractivity contribution in [1.82, 2.24) is 0 Å². The van der Waals surface area contributed by atoms with Gasteiger partial charge in [-0.2, -0.15) is 0 Å². The maximum atomic E-state index is 12.7. The zero-order valence-electron chi connectivity index (χ0n) is 13.8. The third kappa shape index (κ3) is 4.36. The predicted molar refractivity (Wildman–Crippen MR) is 101 cm³/mol. The van der Waals surface area contributed by atoms with E-state index >= 15 is 0 Å². The molecule has 0 radical (unpaired) electrons. The third-order valence-corrected chi connectivity index (χ3v) is 3.79. The SMILES string of the molecule is Nc1ccccc1/C(=C\c1ccccc1)C(=O)OCc1ccccc1. The molecule has 0 unspecified atom stereocenters. The second-order valence-electron chi connectivity index (χ2n) is 5.62. The Balaban J connectivity index is 1.90. The average Bonchev–Trinajstić information content (AvgIpc) is 2.66.